The molecule has 0 bridgehead atoms. The van der Waals surface area contributed by atoms with Gasteiger partial charge in [0.15, 0.2) is 0 Å². The number of nitrogens with two attached hydrogens (primary N) is 1. The number of thioether (sulfide) groups is 1. The maximum atomic E-state index is 11.0. The lowest BCUT2D eigenvalue weighted by atomic mass is 10.2. The zero-order chi connectivity index (χ0) is 8.97. The summed E-state index contributed by atoms with van der Waals surface area (Å²) >= 11 is 1.75. The van der Waals surface area contributed by atoms with E-state index in [0.29, 0.717) is 6.61 Å². The molecule has 0 radical (unpaired) electrons. The van der Waals surface area contributed by atoms with Crippen LogP contribution in [0.25, 0.3) is 0 Å². The van der Waals surface area contributed by atoms with Gasteiger partial charge in [-0.25, -0.2) is 0 Å². The molecule has 1 aliphatic heterocycles. The predicted molar refractivity (Wildman–Crippen MR) is 47.1 cm³/mol. The van der Waals surface area contributed by atoms with Gasteiger partial charge in [0.2, 0.25) is 0 Å². The number of esters is 1. The van der Waals surface area contributed by atoms with Gasteiger partial charge in [-0.1, -0.05) is 0 Å². The Morgan fingerprint density at radius 2 is 2.58 bits per heavy atom. The second-order valence-electron chi connectivity index (χ2n) is 2.53. The van der Waals surface area contributed by atoms with E-state index in [1.807, 2.05) is 0 Å². The van der Waals surface area contributed by atoms with Crippen LogP contribution < -0.4 is 5.73 Å². The first-order chi connectivity index (χ1) is 5.75. The van der Waals surface area contributed by atoms with E-state index in [-0.39, 0.29) is 6.10 Å². The molecule has 0 aromatic carbocycles. The van der Waals surface area contributed by atoms with Crippen molar-refractivity contribution in [1.82, 2.24) is 0 Å². The largest absolute Gasteiger partial charge is 0.468 e. The smallest absolute Gasteiger partial charge is 0.325 e. The van der Waals surface area contributed by atoms with Gasteiger partial charge in [0.05, 0.1) is 19.8 Å². The van der Waals surface area contributed by atoms with E-state index in [1.165, 1.54) is 7.11 Å². The lowest BCUT2D eigenvalue weighted by Gasteiger charge is -2.25. The Labute approximate surface area is 75.8 Å². The molecule has 1 rings (SSSR count). The summed E-state index contributed by atoms with van der Waals surface area (Å²) in [5.74, 6) is 1.35. The Balaban J connectivity index is 2.39. The first-order valence-electron chi connectivity index (χ1n) is 3.78. The van der Waals surface area contributed by atoms with E-state index in [9.17, 15) is 4.79 Å². The highest BCUT2D eigenvalue weighted by molar-refractivity contribution is 7.99. The Morgan fingerprint density at radius 1 is 1.83 bits per heavy atom. The van der Waals surface area contributed by atoms with Crippen molar-refractivity contribution >= 4 is 17.7 Å². The van der Waals surface area contributed by atoms with E-state index < -0.39 is 12.0 Å². The van der Waals surface area contributed by atoms with E-state index in [4.69, 9.17) is 10.5 Å². The molecule has 1 aliphatic rings. The van der Waals surface area contributed by atoms with Gasteiger partial charge in [-0.15, -0.1) is 0 Å². The minimum Gasteiger partial charge on any atom is -0.468 e. The zero-order valence-electron chi connectivity index (χ0n) is 6.99. The van der Waals surface area contributed by atoms with Crippen LogP contribution in [0.15, 0.2) is 0 Å². The lowest BCUT2D eigenvalue weighted by molar-refractivity contribution is -0.145. The van der Waals surface area contributed by atoms with Gasteiger partial charge in [-0.2, -0.15) is 11.8 Å². The van der Waals surface area contributed by atoms with E-state index in [0.717, 1.165) is 11.5 Å². The van der Waals surface area contributed by atoms with Crippen LogP contribution in [0, 0.1) is 0 Å². The second kappa shape index (κ2) is 4.69. The predicted octanol–water partition coefficient (Wildman–Crippen LogP) is -0.381. The van der Waals surface area contributed by atoms with E-state index in [2.05, 4.69) is 4.74 Å². The highest BCUT2D eigenvalue weighted by Crippen LogP contribution is 2.14. The van der Waals surface area contributed by atoms with Crippen LogP contribution in [-0.2, 0) is 14.3 Å². The van der Waals surface area contributed by atoms with Crippen molar-refractivity contribution in [3.05, 3.63) is 0 Å². The number of rotatable bonds is 2. The number of methoxy groups -OCH3 is 1. The first-order valence-corrected chi connectivity index (χ1v) is 4.94. The lowest BCUT2D eigenvalue weighted by Crippen LogP contribution is -2.47. The molecule has 0 saturated carbocycles. The zero-order valence-corrected chi connectivity index (χ0v) is 7.80. The van der Waals surface area contributed by atoms with Gasteiger partial charge in [-0.3, -0.25) is 4.79 Å². The minimum atomic E-state index is -0.636. The topological polar surface area (TPSA) is 61.5 Å². The van der Waals surface area contributed by atoms with Crippen LogP contribution in [0.1, 0.15) is 0 Å². The summed E-state index contributed by atoms with van der Waals surface area (Å²) in [6, 6.07) is -0.636. The van der Waals surface area contributed by atoms with Gasteiger partial charge >= 0.3 is 5.97 Å². The Hall–Kier alpha value is -0.260. The van der Waals surface area contributed by atoms with Gasteiger partial charge in [0.25, 0.3) is 0 Å². The fraction of sp³-hybridized carbons (Fsp3) is 0.857. The van der Waals surface area contributed by atoms with Crippen molar-refractivity contribution in [2.24, 2.45) is 5.73 Å². The molecule has 1 fully saturated rings. The monoisotopic (exact) mass is 191 g/mol. The third-order valence-electron chi connectivity index (χ3n) is 1.72. The minimum absolute atomic E-state index is 0.184. The summed E-state index contributed by atoms with van der Waals surface area (Å²) < 4.78 is 9.83. The average molecular weight is 191 g/mol. The maximum Gasteiger partial charge on any atom is 0.325 e. The maximum absolute atomic E-state index is 11.0. The third-order valence-corrected chi connectivity index (χ3v) is 2.74. The molecule has 0 aliphatic carbocycles. The molecule has 4 nitrogen and oxygen atoms in total. The van der Waals surface area contributed by atoms with Crippen molar-refractivity contribution in [3.8, 4) is 0 Å². The number of carbonyl (C=O) groups excluding carboxylic acids is 1. The molecule has 12 heavy (non-hydrogen) atoms. The number of hydrogen-bond donors (Lipinski definition) is 1. The molecule has 70 valence electrons. The Morgan fingerprint density at radius 3 is 3.08 bits per heavy atom. The van der Waals surface area contributed by atoms with E-state index >= 15 is 0 Å². The molecule has 2 N–H and O–H groups in total. The van der Waals surface area contributed by atoms with Gasteiger partial charge in [-0.05, 0) is 0 Å². The van der Waals surface area contributed by atoms with Crippen molar-refractivity contribution in [3.63, 3.8) is 0 Å². The molecule has 1 saturated heterocycles. The van der Waals surface area contributed by atoms with Crippen LogP contribution in [0.4, 0.5) is 0 Å². The standard InChI is InChI=1S/C7H13NO3S/c1-10-7(9)6(8)5-4-12-3-2-11-5/h5-6H,2-4,8H2,1H3. The van der Waals surface area contributed by atoms with E-state index in [1.54, 1.807) is 11.8 Å². The fourth-order valence-electron chi connectivity index (χ4n) is 1.00. The van der Waals surface area contributed by atoms with Crippen molar-refractivity contribution in [2.45, 2.75) is 12.1 Å². The molecular formula is C7H13NO3S. The molecule has 2 unspecified atom stereocenters. The Bertz CT molecular complexity index is 159. The summed E-state index contributed by atoms with van der Waals surface area (Å²) in [6.07, 6.45) is -0.184. The summed E-state index contributed by atoms with van der Waals surface area (Å²) in [6.45, 7) is 0.667. The number of hydrogen-bond acceptors (Lipinski definition) is 5. The fourth-order valence-corrected chi connectivity index (χ4v) is 1.92. The van der Waals surface area contributed by atoms with Crippen molar-refractivity contribution in [1.29, 1.82) is 0 Å². The molecule has 0 aromatic rings. The third kappa shape index (κ3) is 2.36. The van der Waals surface area contributed by atoms with Gasteiger partial charge in [0.1, 0.15) is 6.04 Å². The first kappa shape index (κ1) is 9.83. The highest BCUT2D eigenvalue weighted by atomic mass is 32.2. The van der Waals surface area contributed by atoms with Gasteiger partial charge in [0, 0.05) is 11.5 Å². The van der Waals surface area contributed by atoms with Crippen LogP contribution >= 0.6 is 11.8 Å². The van der Waals surface area contributed by atoms with Crippen molar-refractivity contribution in [2.75, 3.05) is 25.2 Å². The molecular weight excluding hydrogens is 178 g/mol. The second-order valence-corrected chi connectivity index (χ2v) is 3.68. The van der Waals surface area contributed by atoms with Crippen LogP contribution in [0.3, 0.4) is 0 Å². The average Bonchev–Trinajstić information content (AvgIpc) is 2.17. The quantitative estimate of drug-likeness (QED) is 0.603. The normalized spacial score (nSPS) is 26.3. The molecule has 0 spiro atoms. The molecule has 5 heteroatoms. The molecule has 0 aromatic heterocycles. The SMILES string of the molecule is COC(=O)C(N)C1CSCCO1. The Kier molecular flexibility index (Phi) is 3.84. The number of ether oxygens (including phenoxy) is 2. The van der Waals surface area contributed by atoms with Crippen LogP contribution in [0.2, 0.25) is 0 Å². The summed E-state index contributed by atoms with van der Waals surface area (Å²) in [7, 11) is 1.33. The molecule has 2 atom stereocenters. The van der Waals surface area contributed by atoms with Crippen molar-refractivity contribution < 1.29 is 14.3 Å². The number of carbonyl (C=O) groups is 1. The highest BCUT2D eigenvalue weighted by Gasteiger charge is 2.27. The molecule has 0 amide bonds. The summed E-state index contributed by atoms with van der Waals surface area (Å²) in [5, 5.41) is 0. The van der Waals surface area contributed by atoms with Crippen LogP contribution in [-0.4, -0.2) is 43.3 Å². The van der Waals surface area contributed by atoms with Crippen LogP contribution in [0.5, 0.6) is 0 Å². The summed E-state index contributed by atoms with van der Waals surface area (Å²) in [4.78, 5) is 11.0. The summed E-state index contributed by atoms with van der Waals surface area (Å²) in [5.41, 5.74) is 5.59. The molecule has 1 heterocycles. The van der Waals surface area contributed by atoms with Gasteiger partial charge < -0.3 is 15.2 Å².